The number of para-hydroxylation sites is 1. The van der Waals surface area contributed by atoms with E-state index in [9.17, 15) is 0 Å². The van der Waals surface area contributed by atoms with Crippen LogP contribution in [0.2, 0.25) is 0 Å². The number of rotatable bonds is 3. The van der Waals surface area contributed by atoms with Gasteiger partial charge >= 0.3 is 0 Å². The maximum absolute atomic E-state index is 6.10. The molecule has 0 spiro atoms. The number of hydrogen-bond acceptors (Lipinski definition) is 3. The Labute approximate surface area is 244 Å². The average Bonchev–Trinajstić information content (AvgIpc) is 3.30. The van der Waals surface area contributed by atoms with Crippen LogP contribution in [0.3, 0.4) is 0 Å². The van der Waals surface area contributed by atoms with Crippen molar-refractivity contribution < 1.29 is 24.5 Å². The maximum atomic E-state index is 6.10. The molecule has 4 heteroatoms. The Hall–Kier alpha value is -3.59. The molecule has 39 heavy (non-hydrogen) atoms. The summed E-state index contributed by atoms with van der Waals surface area (Å²) >= 11 is 0. The predicted molar refractivity (Wildman–Crippen MR) is 157 cm³/mol. The van der Waals surface area contributed by atoms with Crippen molar-refractivity contribution in [3.63, 3.8) is 0 Å². The standard InChI is InChI=1S/C21H18NO.C14H14N.Ir/c1-13(2)18-11-19(22-12-14(18)3)17-9-6-8-16-15-7-4-5-10-20(15)23-21(16)17;1-10-4-6-13(7-5-10)14-8-11(2)12(3)9-15-14;/h4-8,10-13H,1-3H3;4-6,8-9H,1-3H3;/q2*-1;. The molecular weight excluding hydrogens is 657 g/mol. The van der Waals surface area contributed by atoms with Gasteiger partial charge in [0.05, 0.1) is 5.58 Å². The van der Waals surface area contributed by atoms with Crippen LogP contribution in [0.5, 0.6) is 0 Å². The molecule has 0 aliphatic rings. The molecule has 6 aromatic rings. The number of fused-ring (bicyclic) bond motifs is 3. The number of furan rings is 1. The summed E-state index contributed by atoms with van der Waals surface area (Å²) in [5.74, 6) is 0.464. The van der Waals surface area contributed by atoms with E-state index < -0.39 is 0 Å². The van der Waals surface area contributed by atoms with Gasteiger partial charge in [0, 0.05) is 37.9 Å². The molecule has 0 saturated heterocycles. The number of benzene rings is 3. The van der Waals surface area contributed by atoms with Crippen LogP contribution in [-0.4, -0.2) is 9.97 Å². The van der Waals surface area contributed by atoms with Crippen LogP contribution >= 0.6 is 0 Å². The van der Waals surface area contributed by atoms with Gasteiger partial charge in [0.1, 0.15) is 5.58 Å². The summed E-state index contributed by atoms with van der Waals surface area (Å²) in [6.07, 6.45) is 3.86. The topological polar surface area (TPSA) is 38.9 Å². The van der Waals surface area contributed by atoms with Crippen molar-refractivity contribution in [3.8, 4) is 22.5 Å². The van der Waals surface area contributed by atoms with Gasteiger partial charge < -0.3 is 14.4 Å². The Balaban J connectivity index is 0.000000192. The summed E-state index contributed by atoms with van der Waals surface area (Å²) in [5, 5.41) is 2.25. The molecule has 0 aliphatic carbocycles. The Bertz CT molecular complexity index is 1730. The van der Waals surface area contributed by atoms with Gasteiger partial charge in [-0.25, -0.2) is 0 Å². The molecule has 0 N–H and O–H groups in total. The minimum atomic E-state index is 0. The van der Waals surface area contributed by atoms with Gasteiger partial charge in [0.15, 0.2) is 0 Å². The van der Waals surface area contributed by atoms with Crippen molar-refractivity contribution in [2.24, 2.45) is 0 Å². The molecule has 0 fully saturated rings. The summed E-state index contributed by atoms with van der Waals surface area (Å²) in [5.41, 5.74) is 11.9. The zero-order chi connectivity index (χ0) is 26.8. The fourth-order valence-electron chi connectivity index (χ4n) is 4.61. The van der Waals surface area contributed by atoms with Crippen LogP contribution in [0.15, 0.2) is 83.5 Å². The van der Waals surface area contributed by atoms with E-state index in [1.54, 1.807) is 0 Å². The van der Waals surface area contributed by atoms with E-state index >= 15 is 0 Å². The Morgan fingerprint density at radius 2 is 1.49 bits per heavy atom. The van der Waals surface area contributed by atoms with Crippen molar-refractivity contribution in [3.05, 3.63) is 119 Å². The van der Waals surface area contributed by atoms with Crippen LogP contribution in [0, 0.1) is 39.8 Å². The number of nitrogens with zero attached hydrogens (tertiary/aromatic N) is 2. The predicted octanol–water partition coefficient (Wildman–Crippen LogP) is 9.35. The molecule has 6 rings (SSSR count). The smallest absolute Gasteiger partial charge is 0.120 e. The largest absolute Gasteiger partial charge is 0.501 e. The summed E-state index contributed by atoms with van der Waals surface area (Å²) in [7, 11) is 0. The van der Waals surface area contributed by atoms with E-state index in [1.165, 1.54) is 27.8 Å². The summed E-state index contributed by atoms with van der Waals surface area (Å²) in [4.78, 5) is 9.03. The normalized spacial score (nSPS) is 10.8. The van der Waals surface area contributed by atoms with Gasteiger partial charge in [-0.1, -0.05) is 67.6 Å². The summed E-state index contributed by atoms with van der Waals surface area (Å²) in [6.45, 7) is 12.8. The Kier molecular flexibility index (Phi) is 8.80. The van der Waals surface area contributed by atoms with Crippen molar-refractivity contribution >= 4 is 21.9 Å². The van der Waals surface area contributed by atoms with Gasteiger partial charge in [0.2, 0.25) is 0 Å². The monoisotopic (exact) mass is 689 g/mol. The molecule has 199 valence electrons. The van der Waals surface area contributed by atoms with E-state index in [0.717, 1.165) is 44.5 Å². The van der Waals surface area contributed by atoms with Crippen LogP contribution in [0.1, 0.15) is 47.6 Å². The third-order valence-electron chi connectivity index (χ3n) is 6.98. The fourth-order valence-corrected chi connectivity index (χ4v) is 4.61. The van der Waals surface area contributed by atoms with Gasteiger partial charge in [0.25, 0.3) is 0 Å². The molecule has 0 saturated carbocycles. The minimum Gasteiger partial charge on any atom is -0.501 e. The van der Waals surface area contributed by atoms with Crippen LogP contribution in [0.4, 0.5) is 0 Å². The molecule has 0 aliphatic heterocycles. The van der Waals surface area contributed by atoms with E-state index in [4.69, 9.17) is 4.42 Å². The summed E-state index contributed by atoms with van der Waals surface area (Å²) < 4.78 is 6.10. The summed E-state index contributed by atoms with van der Waals surface area (Å²) in [6, 6.07) is 29.1. The van der Waals surface area contributed by atoms with Crippen LogP contribution in [0.25, 0.3) is 44.5 Å². The van der Waals surface area contributed by atoms with Gasteiger partial charge in [-0.3, -0.25) is 0 Å². The van der Waals surface area contributed by atoms with E-state index in [0.29, 0.717) is 5.92 Å². The molecule has 3 nitrogen and oxygen atoms in total. The quantitative estimate of drug-likeness (QED) is 0.174. The van der Waals surface area contributed by atoms with E-state index in [2.05, 4.69) is 100 Å². The van der Waals surface area contributed by atoms with Crippen molar-refractivity contribution in [1.29, 1.82) is 0 Å². The molecule has 0 atom stereocenters. The second-order valence-corrected chi connectivity index (χ2v) is 10.2. The maximum Gasteiger partial charge on any atom is 0.120 e. The molecule has 0 unspecified atom stereocenters. The molecule has 3 heterocycles. The minimum absolute atomic E-state index is 0. The first-order chi connectivity index (χ1) is 18.3. The SMILES string of the molecule is Cc1c[c-]c(-c2cc(C)c(C)cn2)cc1.Cc1cnc(-c2[c-]ccc3c2oc2ccccc23)cc1C(C)C.[Ir]. The molecule has 3 aromatic carbocycles. The Morgan fingerprint density at radius 3 is 2.21 bits per heavy atom. The number of aromatic nitrogens is 2. The van der Waals surface area contributed by atoms with Crippen LogP contribution < -0.4 is 0 Å². The van der Waals surface area contributed by atoms with Gasteiger partial charge in [-0.15, -0.1) is 53.6 Å². The number of pyridine rings is 2. The number of aryl methyl sites for hydroxylation is 4. The zero-order valence-corrected chi connectivity index (χ0v) is 25.6. The second kappa shape index (κ2) is 12.1. The first-order valence-corrected chi connectivity index (χ1v) is 13.0. The second-order valence-electron chi connectivity index (χ2n) is 10.2. The molecule has 0 amide bonds. The third kappa shape index (κ3) is 6.03. The Morgan fingerprint density at radius 1 is 0.744 bits per heavy atom. The van der Waals surface area contributed by atoms with Crippen molar-refractivity contribution in [2.45, 2.75) is 47.5 Å². The van der Waals surface area contributed by atoms with Gasteiger partial charge in [-0.05, 0) is 60.8 Å². The van der Waals surface area contributed by atoms with E-state index in [-0.39, 0.29) is 20.1 Å². The third-order valence-corrected chi connectivity index (χ3v) is 6.98. The fraction of sp³-hybridized carbons (Fsp3) is 0.200. The van der Waals surface area contributed by atoms with E-state index in [1.807, 2.05) is 42.7 Å². The van der Waals surface area contributed by atoms with Gasteiger partial charge in [-0.2, -0.15) is 0 Å². The first kappa shape index (κ1) is 28.4. The number of hydrogen-bond donors (Lipinski definition) is 0. The molecule has 0 bridgehead atoms. The van der Waals surface area contributed by atoms with Crippen molar-refractivity contribution in [1.82, 2.24) is 9.97 Å². The molecular formula is C35H32IrN2O-2. The van der Waals surface area contributed by atoms with Crippen molar-refractivity contribution in [2.75, 3.05) is 0 Å². The average molecular weight is 689 g/mol. The molecule has 3 aromatic heterocycles. The molecule has 1 radical (unpaired) electrons. The zero-order valence-electron chi connectivity index (χ0n) is 23.2. The van der Waals surface area contributed by atoms with Crippen LogP contribution in [-0.2, 0) is 20.1 Å². The first-order valence-electron chi connectivity index (χ1n) is 13.0.